The fraction of sp³-hybridized carbons (Fsp3) is 0.400. The van der Waals surface area contributed by atoms with Crippen molar-refractivity contribution in [3.05, 3.63) is 21.8 Å². The number of esters is 2. The number of carbonyl (C=O) groups is 2. The van der Waals surface area contributed by atoms with E-state index in [9.17, 15) is 9.59 Å². The molecule has 0 bridgehead atoms. The van der Waals surface area contributed by atoms with Crippen LogP contribution in [0.15, 0.2) is 4.99 Å². The number of nitrogens with zero attached hydrogens (tertiary/aromatic N) is 1. The molecule has 2 rings (SSSR count). The SMILES string of the molecule is COC(=O)c1c(I)c(N=C2CCC(CI)O2)c(I)c(C(=O)OC)c1I. The molecular weight excluding hydrogens is 782 g/mol. The van der Waals surface area contributed by atoms with Gasteiger partial charge in [-0.05, 0) is 74.2 Å². The molecule has 0 N–H and O–H groups in total. The van der Waals surface area contributed by atoms with Crippen LogP contribution in [0.2, 0.25) is 0 Å². The van der Waals surface area contributed by atoms with Crippen LogP contribution in [0.3, 0.4) is 0 Å². The number of hydrogen-bond acceptors (Lipinski definition) is 6. The molecule has 25 heavy (non-hydrogen) atoms. The monoisotopic (exact) mass is 795 g/mol. The summed E-state index contributed by atoms with van der Waals surface area (Å²) in [4.78, 5) is 29.1. The van der Waals surface area contributed by atoms with E-state index >= 15 is 0 Å². The first kappa shape index (κ1) is 21.8. The van der Waals surface area contributed by atoms with Crippen LogP contribution in [0.25, 0.3) is 0 Å². The van der Waals surface area contributed by atoms with Gasteiger partial charge in [0.15, 0.2) is 5.90 Å². The van der Waals surface area contributed by atoms with Gasteiger partial charge >= 0.3 is 11.9 Å². The maximum atomic E-state index is 12.3. The third kappa shape index (κ3) is 4.70. The smallest absolute Gasteiger partial charge is 0.340 e. The molecule has 1 saturated heterocycles. The average Bonchev–Trinajstić information content (AvgIpc) is 3.06. The first-order chi connectivity index (χ1) is 11.8. The van der Waals surface area contributed by atoms with Crippen molar-refractivity contribution in [2.24, 2.45) is 4.99 Å². The van der Waals surface area contributed by atoms with Crippen molar-refractivity contribution < 1.29 is 23.8 Å². The van der Waals surface area contributed by atoms with Crippen molar-refractivity contribution >= 4 is 114 Å². The predicted octanol–water partition coefficient (Wildman–Crippen LogP) is 4.72. The highest BCUT2D eigenvalue weighted by molar-refractivity contribution is 14.1. The van der Waals surface area contributed by atoms with E-state index in [1.54, 1.807) is 0 Å². The van der Waals surface area contributed by atoms with E-state index in [0.29, 0.717) is 33.4 Å². The Morgan fingerprint density at radius 2 is 1.60 bits per heavy atom. The molecule has 10 heteroatoms. The van der Waals surface area contributed by atoms with Crippen molar-refractivity contribution in [3.8, 4) is 0 Å². The minimum Gasteiger partial charge on any atom is -0.477 e. The highest BCUT2D eigenvalue weighted by Crippen LogP contribution is 2.38. The summed E-state index contributed by atoms with van der Waals surface area (Å²) in [5.41, 5.74) is 1.16. The van der Waals surface area contributed by atoms with Crippen LogP contribution in [-0.4, -0.2) is 42.6 Å². The first-order valence-corrected chi connectivity index (χ1v) is 11.8. The highest BCUT2D eigenvalue weighted by Gasteiger charge is 2.30. The normalized spacial score (nSPS) is 18.2. The summed E-state index contributed by atoms with van der Waals surface area (Å²) < 4.78 is 18.2. The maximum absolute atomic E-state index is 12.3. The lowest BCUT2D eigenvalue weighted by atomic mass is 10.1. The Kier molecular flexibility index (Phi) is 8.44. The molecule has 136 valence electrons. The first-order valence-electron chi connectivity index (χ1n) is 7.02. The summed E-state index contributed by atoms with van der Waals surface area (Å²) in [7, 11) is 2.61. The average molecular weight is 795 g/mol. The number of rotatable bonds is 4. The molecule has 1 fully saturated rings. The van der Waals surface area contributed by atoms with Crippen LogP contribution in [-0.2, 0) is 14.2 Å². The number of hydrogen-bond donors (Lipinski definition) is 0. The van der Waals surface area contributed by atoms with Gasteiger partial charge in [-0.2, -0.15) is 0 Å². The van der Waals surface area contributed by atoms with E-state index in [0.717, 1.165) is 17.3 Å². The molecule has 1 heterocycles. The number of methoxy groups -OCH3 is 2. The Bertz CT molecular complexity index is 707. The summed E-state index contributed by atoms with van der Waals surface area (Å²) in [6.07, 6.45) is 1.79. The lowest BCUT2D eigenvalue weighted by Gasteiger charge is -2.15. The molecule has 0 saturated carbocycles. The topological polar surface area (TPSA) is 74.2 Å². The number of halogens is 4. The van der Waals surface area contributed by atoms with E-state index in [1.807, 2.05) is 22.6 Å². The molecule has 0 aliphatic carbocycles. The van der Waals surface area contributed by atoms with Gasteiger partial charge in [-0.25, -0.2) is 14.6 Å². The van der Waals surface area contributed by atoms with Gasteiger partial charge in [0.1, 0.15) is 6.10 Å². The molecule has 1 unspecified atom stereocenters. The number of carbonyl (C=O) groups excluding carboxylic acids is 2. The van der Waals surface area contributed by atoms with Gasteiger partial charge in [0.25, 0.3) is 0 Å². The molecule has 1 aliphatic rings. The van der Waals surface area contributed by atoms with E-state index in [4.69, 9.17) is 14.2 Å². The predicted molar refractivity (Wildman–Crippen MR) is 127 cm³/mol. The lowest BCUT2D eigenvalue weighted by molar-refractivity contribution is 0.0595. The Morgan fingerprint density at radius 3 is 2.00 bits per heavy atom. The van der Waals surface area contributed by atoms with Gasteiger partial charge in [-0.3, -0.25) is 0 Å². The van der Waals surface area contributed by atoms with Crippen molar-refractivity contribution in [3.63, 3.8) is 0 Å². The van der Waals surface area contributed by atoms with Crippen LogP contribution in [0.1, 0.15) is 33.6 Å². The van der Waals surface area contributed by atoms with Gasteiger partial charge < -0.3 is 14.2 Å². The van der Waals surface area contributed by atoms with Gasteiger partial charge in [-0.15, -0.1) is 0 Å². The summed E-state index contributed by atoms with van der Waals surface area (Å²) in [5, 5.41) is 0. The lowest BCUT2D eigenvalue weighted by Crippen LogP contribution is -2.15. The second-order valence-electron chi connectivity index (χ2n) is 4.96. The molecule has 1 aliphatic heterocycles. The summed E-state index contributed by atoms with van der Waals surface area (Å²) in [5.74, 6) is -0.422. The molecule has 6 nitrogen and oxygen atoms in total. The van der Waals surface area contributed by atoms with Crippen LogP contribution >= 0.6 is 90.4 Å². The molecule has 1 aromatic rings. The van der Waals surface area contributed by atoms with Crippen LogP contribution in [0.4, 0.5) is 5.69 Å². The zero-order chi connectivity index (χ0) is 18.7. The van der Waals surface area contributed by atoms with Crippen LogP contribution in [0.5, 0.6) is 0 Å². The molecule has 0 amide bonds. The summed E-state index contributed by atoms with van der Waals surface area (Å²) in [6.45, 7) is 0. The van der Waals surface area contributed by atoms with Gasteiger partial charge in [0.2, 0.25) is 0 Å². The standard InChI is InChI=1S/C15H13I4NO5/c1-23-14(21)8-10(17)9(15(22)24-2)12(19)13(11(8)18)20-7-4-3-6(5-16)25-7/h6H,3-5H2,1-2H3. The second kappa shape index (κ2) is 9.66. The minimum atomic E-state index is -0.519. The molecular formula is C15H13I4NO5. The number of benzene rings is 1. The summed E-state index contributed by atoms with van der Waals surface area (Å²) in [6, 6.07) is 0. The largest absolute Gasteiger partial charge is 0.477 e. The fourth-order valence-corrected chi connectivity index (χ4v) is 7.13. The van der Waals surface area contributed by atoms with E-state index in [1.165, 1.54) is 14.2 Å². The Labute approximate surface area is 199 Å². The van der Waals surface area contributed by atoms with Gasteiger partial charge in [0, 0.05) is 14.4 Å². The van der Waals surface area contributed by atoms with Crippen molar-refractivity contribution in [2.45, 2.75) is 18.9 Å². The minimum absolute atomic E-state index is 0.152. The highest BCUT2D eigenvalue weighted by atomic mass is 127. The van der Waals surface area contributed by atoms with Crippen LogP contribution in [0, 0.1) is 10.7 Å². The molecule has 0 spiro atoms. The Morgan fingerprint density at radius 1 is 1.08 bits per heavy atom. The van der Waals surface area contributed by atoms with E-state index in [-0.39, 0.29) is 6.10 Å². The molecule has 0 radical (unpaired) electrons. The van der Waals surface area contributed by atoms with E-state index in [2.05, 4.69) is 72.8 Å². The maximum Gasteiger partial charge on any atom is 0.340 e. The number of aliphatic imine (C=N–C) groups is 1. The van der Waals surface area contributed by atoms with Crippen molar-refractivity contribution in [2.75, 3.05) is 18.6 Å². The third-order valence-corrected chi connectivity index (χ3v) is 7.63. The molecule has 1 aromatic carbocycles. The van der Waals surface area contributed by atoms with Crippen LogP contribution < -0.4 is 0 Å². The second-order valence-corrected chi connectivity index (χ2v) is 9.08. The zero-order valence-corrected chi connectivity index (χ0v) is 21.8. The number of alkyl halides is 1. The number of ether oxygens (including phenoxy) is 3. The quantitative estimate of drug-likeness (QED) is 0.251. The summed E-state index contributed by atoms with van der Waals surface area (Å²) >= 11 is 8.36. The zero-order valence-electron chi connectivity index (χ0n) is 13.2. The Hall–Kier alpha value is 0.550. The van der Waals surface area contributed by atoms with E-state index < -0.39 is 11.9 Å². The van der Waals surface area contributed by atoms with Crippen molar-refractivity contribution in [1.82, 2.24) is 0 Å². The fourth-order valence-electron chi connectivity index (χ4n) is 2.22. The van der Waals surface area contributed by atoms with Gasteiger partial charge in [-0.1, -0.05) is 22.6 Å². The third-order valence-electron chi connectivity index (χ3n) is 3.46. The van der Waals surface area contributed by atoms with Crippen molar-refractivity contribution in [1.29, 1.82) is 0 Å². The molecule has 1 atom stereocenters. The molecule has 0 aromatic heterocycles. The van der Waals surface area contributed by atoms with Gasteiger partial charge in [0.05, 0.1) is 38.2 Å². The Balaban J connectivity index is 2.68.